The number of carbonyl (C=O) groups is 1. The van der Waals surface area contributed by atoms with E-state index in [4.69, 9.17) is 9.47 Å². The maximum absolute atomic E-state index is 11.9. The first kappa shape index (κ1) is 17.9. The Bertz CT molecular complexity index is 469. The Kier molecular flexibility index (Phi) is 6.97. The molecule has 114 valence electrons. The normalized spacial score (nSPS) is 11.7. The molecule has 0 aliphatic heterocycles. The number of halogens is 2. The van der Waals surface area contributed by atoms with Crippen molar-refractivity contribution in [1.82, 2.24) is 4.57 Å². The number of aromatic nitrogens is 1. The van der Waals surface area contributed by atoms with Crippen molar-refractivity contribution in [3.63, 3.8) is 0 Å². The van der Waals surface area contributed by atoms with Gasteiger partial charge in [-0.3, -0.25) is 0 Å². The van der Waals surface area contributed by atoms with Crippen LogP contribution in [0.5, 0.6) is 0 Å². The highest BCUT2D eigenvalue weighted by molar-refractivity contribution is 9.13. The third-order valence-electron chi connectivity index (χ3n) is 2.67. The average molecular weight is 427 g/mol. The van der Waals surface area contributed by atoms with Crippen LogP contribution in [-0.4, -0.2) is 31.8 Å². The summed E-state index contributed by atoms with van der Waals surface area (Å²) in [6.45, 7) is 10.1. The zero-order valence-electron chi connectivity index (χ0n) is 12.3. The molecule has 1 aromatic heterocycles. The molecule has 0 aliphatic carbocycles. The molecule has 0 fully saturated rings. The van der Waals surface area contributed by atoms with Crippen LogP contribution in [-0.2, 0) is 16.2 Å². The van der Waals surface area contributed by atoms with Gasteiger partial charge >= 0.3 is 5.97 Å². The minimum Gasteiger partial charge on any atom is -0.461 e. The van der Waals surface area contributed by atoms with Crippen molar-refractivity contribution in [1.29, 1.82) is 0 Å². The number of hydrogen-bond donors (Lipinski definition) is 0. The molecule has 7 heteroatoms. The average Bonchev–Trinajstić information content (AvgIpc) is 2.60. The lowest BCUT2D eigenvalue weighted by molar-refractivity contribution is 0.0472. The minimum atomic E-state index is -1.09. The molecule has 1 rings (SSSR count). The summed E-state index contributed by atoms with van der Waals surface area (Å²) in [6, 6.07) is 1.10. The minimum absolute atomic E-state index is 0.348. The monoisotopic (exact) mass is 425 g/mol. The summed E-state index contributed by atoms with van der Waals surface area (Å²) >= 11 is 6.80. The zero-order valence-corrected chi connectivity index (χ0v) is 16.5. The van der Waals surface area contributed by atoms with Crippen molar-refractivity contribution in [3.8, 4) is 0 Å². The summed E-state index contributed by atoms with van der Waals surface area (Å²) < 4.78 is 14.0. The van der Waals surface area contributed by atoms with Gasteiger partial charge in [0.1, 0.15) is 12.4 Å². The fraction of sp³-hybridized carbons (Fsp3) is 0.615. The van der Waals surface area contributed by atoms with Crippen molar-refractivity contribution in [3.05, 3.63) is 20.8 Å². The first-order chi connectivity index (χ1) is 9.26. The third kappa shape index (κ3) is 5.35. The molecule has 0 aliphatic rings. The maximum Gasteiger partial charge on any atom is 0.356 e. The molecular formula is C13H21Br2NO3Si. The smallest absolute Gasteiger partial charge is 0.356 e. The van der Waals surface area contributed by atoms with Crippen molar-refractivity contribution in [2.45, 2.75) is 39.3 Å². The summed E-state index contributed by atoms with van der Waals surface area (Å²) in [5.74, 6) is -0.348. The highest BCUT2D eigenvalue weighted by Crippen LogP contribution is 2.29. The Hall–Kier alpha value is -0.113. The number of carbonyl (C=O) groups excluding carboxylic acids is 1. The SMILES string of the molecule is CCOC(=O)c1c(Br)c(Br)cn1COCC[Si](C)(C)C. The molecule has 0 saturated carbocycles. The Balaban J connectivity index is 2.70. The van der Waals surface area contributed by atoms with E-state index in [9.17, 15) is 4.79 Å². The predicted molar refractivity (Wildman–Crippen MR) is 89.9 cm³/mol. The molecule has 1 heterocycles. The maximum atomic E-state index is 11.9. The molecule has 0 unspecified atom stereocenters. The van der Waals surface area contributed by atoms with E-state index in [1.165, 1.54) is 0 Å². The lowest BCUT2D eigenvalue weighted by atomic mass is 10.4. The van der Waals surface area contributed by atoms with Crippen LogP contribution in [0, 0.1) is 0 Å². The van der Waals surface area contributed by atoms with Crippen molar-refractivity contribution in [2.75, 3.05) is 13.2 Å². The molecule has 0 bridgehead atoms. The van der Waals surface area contributed by atoms with E-state index in [-0.39, 0.29) is 5.97 Å². The standard InChI is InChI=1S/C13H21Br2NO3Si/c1-5-19-13(17)12-11(15)10(14)8-16(12)9-18-6-7-20(2,3)4/h8H,5-7,9H2,1-4H3. The Morgan fingerprint density at radius 2 is 2.00 bits per heavy atom. The second kappa shape index (κ2) is 7.77. The van der Waals surface area contributed by atoms with Gasteiger partial charge in [-0.25, -0.2) is 4.79 Å². The van der Waals surface area contributed by atoms with Gasteiger partial charge in [-0.15, -0.1) is 0 Å². The molecule has 0 N–H and O–H groups in total. The number of hydrogen-bond acceptors (Lipinski definition) is 3. The fourth-order valence-electron chi connectivity index (χ4n) is 1.55. The number of rotatable bonds is 7. The van der Waals surface area contributed by atoms with Crippen molar-refractivity contribution >= 4 is 45.9 Å². The van der Waals surface area contributed by atoms with Crippen LogP contribution in [0.25, 0.3) is 0 Å². The quantitative estimate of drug-likeness (QED) is 0.366. The van der Waals surface area contributed by atoms with Crippen LogP contribution in [0.1, 0.15) is 17.4 Å². The lowest BCUT2D eigenvalue weighted by Gasteiger charge is -2.16. The lowest BCUT2D eigenvalue weighted by Crippen LogP contribution is -2.22. The Morgan fingerprint density at radius 3 is 2.55 bits per heavy atom. The molecular weight excluding hydrogens is 406 g/mol. The van der Waals surface area contributed by atoms with Gasteiger partial charge in [0.25, 0.3) is 0 Å². The Labute approximate surface area is 138 Å². The van der Waals surface area contributed by atoms with Crippen LogP contribution in [0.4, 0.5) is 0 Å². The van der Waals surface area contributed by atoms with Crippen LogP contribution < -0.4 is 0 Å². The largest absolute Gasteiger partial charge is 0.461 e. The second-order valence-electron chi connectivity index (χ2n) is 5.68. The van der Waals surface area contributed by atoms with Crippen LogP contribution in [0.2, 0.25) is 25.7 Å². The van der Waals surface area contributed by atoms with Gasteiger partial charge < -0.3 is 14.0 Å². The molecule has 1 aromatic rings. The number of esters is 1. The van der Waals surface area contributed by atoms with E-state index >= 15 is 0 Å². The summed E-state index contributed by atoms with van der Waals surface area (Å²) in [7, 11) is -1.09. The topological polar surface area (TPSA) is 40.5 Å². The molecule has 0 radical (unpaired) electrons. The van der Waals surface area contributed by atoms with Gasteiger partial charge in [0.15, 0.2) is 0 Å². The van der Waals surface area contributed by atoms with E-state index in [2.05, 4.69) is 51.5 Å². The van der Waals surface area contributed by atoms with Crippen molar-refractivity contribution < 1.29 is 14.3 Å². The summed E-state index contributed by atoms with van der Waals surface area (Å²) in [6.07, 6.45) is 1.82. The van der Waals surface area contributed by atoms with Gasteiger partial charge in [0, 0.05) is 20.9 Å². The van der Waals surface area contributed by atoms with E-state index in [1.54, 1.807) is 11.5 Å². The number of ether oxygens (including phenoxy) is 2. The first-order valence-corrected chi connectivity index (χ1v) is 11.8. The highest BCUT2D eigenvalue weighted by Gasteiger charge is 2.20. The highest BCUT2D eigenvalue weighted by atomic mass is 79.9. The van der Waals surface area contributed by atoms with Gasteiger partial charge in [-0.2, -0.15) is 0 Å². The summed E-state index contributed by atoms with van der Waals surface area (Å²) in [5.41, 5.74) is 0.478. The van der Waals surface area contributed by atoms with Gasteiger partial charge in [-0.05, 0) is 44.8 Å². The molecule has 0 aromatic carbocycles. The summed E-state index contributed by atoms with van der Waals surface area (Å²) in [5, 5.41) is 0. The van der Waals surface area contributed by atoms with Crippen molar-refractivity contribution in [2.24, 2.45) is 0 Å². The zero-order chi connectivity index (χ0) is 15.3. The van der Waals surface area contributed by atoms with E-state index in [0.29, 0.717) is 30.1 Å². The Morgan fingerprint density at radius 1 is 1.35 bits per heavy atom. The van der Waals surface area contributed by atoms with Gasteiger partial charge in [0.2, 0.25) is 0 Å². The molecule has 0 amide bonds. The molecule has 0 atom stereocenters. The van der Waals surface area contributed by atoms with Gasteiger partial charge in [-0.1, -0.05) is 19.6 Å². The fourth-order valence-corrected chi connectivity index (χ4v) is 3.23. The number of nitrogens with zero attached hydrogens (tertiary/aromatic N) is 1. The molecule has 4 nitrogen and oxygen atoms in total. The van der Waals surface area contributed by atoms with Crippen LogP contribution >= 0.6 is 31.9 Å². The third-order valence-corrected chi connectivity index (χ3v) is 6.31. The predicted octanol–water partition coefficient (Wildman–Crippen LogP) is 4.50. The molecule has 0 spiro atoms. The summed E-state index contributed by atoms with van der Waals surface area (Å²) in [4.78, 5) is 11.9. The van der Waals surface area contributed by atoms with E-state index < -0.39 is 8.07 Å². The molecule has 20 heavy (non-hydrogen) atoms. The molecule has 0 saturated heterocycles. The van der Waals surface area contributed by atoms with E-state index in [0.717, 1.165) is 10.5 Å². The first-order valence-electron chi connectivity index (χ1n) is 6.55. The van der Waals surface area contributed by atoms with E-state index in [1.807, 2.05) is 6.20 Å². The van der Waals surface area contributed by atoms with Gasteiger partial charge in [0.05, 0.1) is 15.6 Å². The van der Waals surface area contributed by atoms with Crippen LogP contribution in [0.3, 0.4) is 0 Å². The second-order valence-corrected chi connectivity index (χ2v) is 12.9. The van der Waals surface area contributed by atoms with Crippen LogP contribution in [0.15, 0.2) is 15.1 Å².